The standard InChI is InChI=1S/C20H23N5O2S/c1-12-18(13(2)27-24-12)19(26)21-17-11-25(20-23-22-14(3)28-20)10-9-16(17)15-7-5-4-6-8-15/h4-8,16-17H,9-11H2,1-3H3,(H,21,26)/t16-,17-/m0/s1. The summed E-state index contributed by atoms with van der Waals surface area (Å²) in [6.45, 7) is 7.07. The summed E-state index contributed by atoms with van der Waals surface area (Å²) in [7, 11) is 0. The minimum Gasteiger partial charge on any atom is -0.361 e. The number of carbonyl (C=O) groups excluding carboxylic acids is 1. The van der Waals surface area contributed by atoms with Gasteiger partial charge in [0.25, 0.3) is 5.91 Å². The molecule has 3 aromatic rings. The monoisotopic (exact) mass is 397 g/mol. The number of hydrogen-bond acceptors (Lipinski definition) is 7. The van der Waals surface area contributed by atoms with Gasteiger partial charge in [-0.3, -0.25) is 4.79 Å². The highest BCUT2D eigenvalue weighted by atomic mass is 32.1. The van der Waals surface area contributed by atoms with Crippen molar-refractivity contribution < 1.29 is 9.32 Å². The number of hydrogen-bond donors (Lipinski definition) is 1. The summed E-state index contributed by atoms with van der Waals surface area (Å²) >= 11 is 1.58. The fourth-order valence-corrected chi connectivity index (χ4v) is 4.56. The largest absolute Gasteiger partial charge is 0.361 e. The Labute approximate surface area is 167 Å². The first-order valence-corrected chi connectivity index (χ1v) is 10.2. The van der Waals surface area contributed by atoms with Gasteiger partial charge in [0, 0.05) is 19.0 Å². The van der Waals surface area contributed by atoms with E-state index in [4.69, 9.17) is 4.52 Å². The molecule has 3 heterocycles. The molecule has 0 radical (unpaired) electrons. The third-order valence-electron chi connectivity index (χ3n) is 5.20. The van der Waals surface area contributed by atoms with E-state index in [-0.39, 0.29) is 17.9 Å². The van der Waals surface area contributed by atoms with Crippen molar-refractivity contribution in [2.24, 2.45) is 0 Å². The number of piperidine rings is 1. The molecular formula is C20H23N5O2S. The second kappa shape index (κ2) is 7.71. The molecule has 2 aromatic heterocycles. The number of aromatic nitrogens is 3. The number of rotatable bonds is 4. The molecule has 0 unspecified atom stereocenters. The summed E-state index contributed by atoms with van der Waals surface area (Å²) in [5, 5.41) is 17.4. The fourth-order valence-electron chi connectivity index (χ4n) is 3.83. The molecule has 7 nitrogen and oxygen atoms in total. The number of aryl methyl sites for hydroxylation is 3. The van der Waals surface area contributed by atoms with Gasteiger partial charge in [0.2, 0.25) is 5.13 Å². The molecule has 1 saturated heterocycles. The molecule has 4 rings (SSSR count). The predicted molar refractivity (Wildman–Crippen MR) is 108 cm³/mol. The SMILES string of the molecule is Cc1nnc(N2CC[C@@H](c3ccccc3)[C@@H](NC(=O)c3c(C)noc3C)C2)s1. The molecule has 1 fully saturated rings. The van der Waals surface area contributed by atoms with Crippen molar-refractivity contribution in [2.75, 3.05) is 18.0 Å². The second-order valence-electron chi connectivity index (χ2n) is 7.13. The smallest absolute Gasteiger partial charge is 0.257 e. The third-order valence-corrected chi connectivity index (χ3v) is 6.10. The van der Waals surface area contributed by atoms with Crippen LogP contribution in [0.5, 0.6) is 0 Å². The molecule has 8 heteroatoms. The molecule has 0 aliphatic carbocycles. The van der Waals surface area contributed by atoms with Gasteiger partial charge in [0.05, 0.1) is 11.7 Å². The van der Waals surface area contributed by atoms with E-state index in [0.29, 0.717) is 23.6 Å². The van der Waals surface area contributed by atoms with E-state index in [9.17, 15) is 4.79 Å². The maximum absolute atomic E-state index is 13.0. The van der Waals surface area contributed by atoms with Gasteiger partial charge in [-0.05, 0) is 32.8 Å². The number of nitrogens with one attached hydrogen (secondary N) is 1. The molecule has 0 spiro atoms. The maximum atomic E-state index is 13.0. The van der Waals surface area contributed by atoms with Crippen molar-refractivity contribution in [1.82, 2.24) is 20.7 Å². The van der Waals surface area contributed by atoms with E-state index in [1.54, 1.807) is 25.2 Å². The first-order valence-electron chi connectivity index (χ1n) is 9.36. The molecule has 1 aromatic carbocycles. The quantitative estimate of drug-likeness (QED) is 0.728. The van der Waals surface area contributed by atoms with E-state index >= 15 is 0 Å². The highest BCUT2D eigenvalue weighted by Gasteiger charge is 2.33. The average molecular weight is 398 g/mol. The van der Waals surface area contributed by atoms with Crippen molar-refractivity contribution >= 4 is 22.4 Å². The topological polar surface area (TPSA) is 84.2 Å². The number of benzene rings is 1. The molecule has 28 heavy (non-hydrogen) atoms. The zero-order valence-corrected chi connectivity index (χ0v) is 17.0. The van der Waals surface area contributed by atoms with E-state index in [0.717, 1.165) is 23.1 Å². The van der Waals surface area contributed by atoms with Gasteiger partial charge in [-0.1, -0.05) is 46.8 Å². The van der Waals surface area contributed by atoms with Crippen LogP contribution in [-0.2, 0) is 0 Å². The third kappa shape index (κ3) is 3.64. The molecule has 0 bridgehead atoms. The van der Waals surface area contributed by atoms with Gasteiger partial charge in [0.15, 0.2) is 0 Å². The minimum atomic E-state index is -0.141. The van der Waals surface area contributed by atoms with Gasteiger partial charge in [-0.15, -0.1) is 10.2 Å². The number of amides is 1. The van der Waals surface area contributed by atoms with Crippen molar-refractivity contribution in [3.05, 3.63) is 57.9 Å². The first-order chi connectivity index (χ1) is 13.5. The Kier molecular flexibility index (Phi) is 5.13. The van der Waals surface area contributed by atoms with Crippen molar-refractivity contribution in [1.29, 1.82) is 0 Å². The van der Waals surface area contributed by atoms with Crippen LogP contribution in [0.3, 0.4) is 0 Å². The van der Waals surface area contributed by atoms with Crippen molar-refractivity contribution in [3.8, 4) is 0 Å². The molecular weight excluding hydrogens is 374 g/mol. The number of anilines is 1. The Bertz CT molecular complexity index is 949. The van der Waals surface area contributed by atoms with Crippen LogP contribution in [-0.4, -0.2) is 40.4 Å². The molecule has 1 aliphatic rings. The van der Waals surface area contributed by atoms with E-state index in [2.05, 4.69) is 37.7 Å². The summed E-state index contributed by atoms with van der Waals surface area (Å²) < 4.78 is 5.17. The van der Waals surface area contributed by atoms with Crippen molar-refractivity contribution in [3.63, 3.8) is 0 Å². The zero-order valence-electron chi connectivity index (χ0n) is 16.2. The Balaban J connectivity index is 1.60. The summed E-state index contributed by atoms with van der Waals surface area (Å²) in [5.41, 5.74) is 2.37. The number of carbonyl (C=O) groups is 1. The van der Waals surface area contributed by atoms with E-state index in [1.807, 2.05) is 25.1 Å². The van der Waals surface area contributed by atoms with Crippen LogP contribution in [0.25, 0.3) is 0 Å². The molecule has 1 aliphatic heterocycles. The van der Waals surface area contributed by atoms with E-state index < -0.39 is 0 Å². The molecule has 0 saturated carbocycles. The molecule has 2 atom stereocenters. The van der Waals surface area contributed by atoms with E-state index in [1.165, 1.54) is 5.56 Å². The van der Waals surface area contributed by atoms with Crippen molar-refractivity contribution in [2.45, 2.75) is 39.2 Å². The summed E-state index contributed by atoms with van der Waals surface area (Å²) in [6.07, 6.45) is 0.926. The van der Waals surface area contributed by atoms with Gasteiger partial charge >= 0.3 is 0 Å². The van der Waals surface area contributed by atoms with Crippen LogP contribution in [0, 0.1) is 20.8 Å². The lowest BCUT2D eigenvalue weighted by Crippen LogP contribution is -2.52. The predicted octanol–water partition coefficient (Wildman–Crippen LogP) is 3.24. The minimum absolute atomic E-state index is 0.0541. The van der Waals surface area contributed by atoms with Crippen LogP contribution >= 0.6 is 11.3 Å². The van der Waals surface area contributed by atoms with Crippen LogP contribution < -0.4 is 10.2 Å². The molecule has 1 amide bonds. The van der Waals surface area contributed by atoms with Crippen LogP contribution in [0.4, 0.5) is 5.13 Å². The van der Waals surface area contributed by atoms with Crippen LogP contribution in [0.1, 0.15) is 44.7 Å². The average Bonchev–Trinajstić information content (AvgIpc) is 3.27. The fraction of sp³-hybridized carbons (Fsp3) is 0.400. The Hall–Kier alpha value is -2.74. The second-order valence-corrected chi connectivity index (χ2v) is 8.29. The highest BCUT2D eigenvalue weighted by molar-refractivity contribution is 7.15. The lowest BCUT2D eigenvalue weighted by atomic mass is 9.85. The molecule has 1 N–H and O–H groups in total. The lowest BCUT2D eigenvalue weighted by Gasteiger charge is -2.39. The number of nitrogens with zero attached hydrogens (tertiary/aromatic N) is 4. The van der Waals surface area contributed by atoms with Crippen LogP contribution in [0.2, 0.25) is 0 Å². The maximum Gasteiger partial charge on any atom is 0.257 e. The zero-order chi connectivity index (χ0) is 19.7. The Morgan fingerprint density at radius 3 is 2.64 bits per heavy atom. The molecule has 146 valence electrons. The Morgan fingerprint density at radius 2 is 2.00 bits per heavy atom. The van der Waals surface area contributed by atoms with Gasteiger partial charge in [-0.25, -0.2) is 0 Å². The normalized spacial score (nSPS) is 19.6. The summed E-state index contributed by atoms with van der Waals surface area (Å²) in [6, 6.07) is 10.3. The summed E-state index contributed by atoms with van der Waals surface area (Å²) in [4.78, 5) is 15.2. The van der Waals surface area contributed by atoms with Gasteiger partial charge in [0.1, 0.15) is 16.3 Å². The van der Waals surface area contributed by atoms with Gasteiger partial charge < -0.3 is 14.7 Å². The first kappa shape index (κ1) is 18.6. The lowest BCUT2D eigenvalue weighted by molar-refractivity contribution is 0.0925. The summed E-state index contributed by atoms with van der Waals surface area (Å²) in [5.74, 6) is 0.632. The van der Waals surface area contributed by atoms with Gasteiger partial charge in [-0.2, -0.15) is 0 Å². The Morgan fingerprint density at radius 1 is 1.21 bits per heavy atom. The van der Waals surface area contributed by atoms with Crippen LogP contribution in [0.15, 0.2) is 34.9 Å². The highest BCUT2D eigenvalue weighted by Crippen LogP contribution is 2.32.